The van der Waals surface area contributed by atoms with Crippen LogP contribution in [0, 0.1) is 6.92 Å². The number of benzene rings is 2. The van der Waals surface area contributed by atoms with Gasteiger partial charge in [0.1, 0.15) is 11.5 Å². The molecule has 0 radical (unpaired) electrons. The number of aryl methyl sites for hydroxylation is 1. The minimum Gasteiger partial charge on any atom is -0.494 e. The highest BCUT2D eigenvalue weighted by Crippen LogP contribution is 2.40. The van der Waals surface area contributed by atoms with Gasteiger partial charge in [0.25, 0.3) is 11.8 Å². The zero-order chi connectivity index (χ0) is 21.8. The van der Waals surface area contributed by atoms with Crippen molar-refractivity contribution in [3.8, 4) is 5.75 Å². The molecule has 2 aromatic carbocycles. The zero-order valence-corrected chi connectivity index (χ0v) is 18.3. The highest BCUT2D eigenvalue weighted by atomic mass is 32.2. The average Bonchev–Trinajstić information content (AvgIpc) is 3.38. The van der Waals surface area contributed by atoms with Crippen LogP contribution in [-0.2, 0) is 15.3 Å². The molecule has 6 heteroatoms. The lowest BCUT2D eigenvalue weighted by Gasteiger charge is -2.16. The number of nitrogens with zero attached hydrogens (tertiary/aromatic N) is 1. The third-order valence-electron chi connectivity index (χ3n) is 4.87. The second kappa shape index (κ2) is 9.27. The number of imide groups is 1. The first-order chi connectivity index (χ1) is 15.1. The zero-order valence-electron chi connectivity index (χ0n) is 17.5. The first-order valence-corrected chi connectivity index (χ1v) is 11.1. The normalized spacial score (nSPS) is 13.9. The number of ether oxygens (including phenoxy) is 1. The Bertz CT molecular complexity index is 1120. The Kier molecular flexibility index (Phi) is 6.28. The highest BCUT2D eigenvalue weighted by Gasteiger charge is 2.40. The Morgan fingerprint density at radius 1 is 1.00 bits per heavy atom. The lowest BCUT2D eigenvalue weighted by Crippen LogP contribution is -2.31. The molecule has 0 spiro atoms. The molecule has 0 bridgehead atoms. The van der Waals surface area contributed by atoms with Crippen molar-refractivity contribution in [1.82, 2.24) is 0 Å². The monoisotopic (exact) mass is 433 g/mol. The number of carbonyl (C=O) groups excluding carboxylic acids is 2. The number of carbonyl (C=O) groups is 2. The summed E-state index contributed by atoms with van der Waals surface area (Å²) in [7, 11) is 0. The van der Waals surface area contributed by atoms with Crippen LogP contribution < -0.4 is 9.64 Å². The molecule has 0 N–H and O–H groups in total. The van der Waals surface area contributed by atoms with E-state index in [9.17, 15) is 9.59 Å². The summed E-state index contributed by atoms with van der Waals surface area (Å²) < 4.78 is 11.1. The van der Waals surface area contributed by atoms with Gasteiger partial charge < -0.3 is 9.15 Å². The van der Waals surface area contributed by atoms with Gasteiger partial charge >= 0.3 is 0 Å². The number of rotatable bonds is 8. The van der Waals surface area contributed by atoms with Crippen molar-refractivity contribution in [2.24, 2.45) is 0 Å². The van der Waals surface area contributed by atoms with E-state index in [0.717, 1.165) is 23.3 Å². The van der Waals surface area contributed by atoms with Gasteiger partial charge in [-0.2, -0.15) is 0 Å². The summed E-state index contributed by atoms with van der Waals surface area (Å²) in [5.41, 5.74) is 2.73. The van der Waals surface area contributed by atoms with Gasteiger partial charge in [-0.05, 0) is 43.2 Å². The third kappa shape index (κ3) is 4.44. The van der Waals surface area contributed by atoms with Gasteiger partial charge in [0.15, 0.2) is 0 Å². The number of amides is 2. The molecule has 1 aliphatic heterocycles. The Morgan fingerprint density at radius 2 is 1.81 bits per heavy atom. The van der Waals surface area contributed by atoms with Gasteiger partial charge in [0.2, 0.25) is 0 Å². The average molecular weight is 434 g/mol. The summed E-state index contributed by atoms with van der Waals surface area (Å²) in [6.07, 6.45) is 2.47. The molecule has 3 aromatic rings. The molecule has 1 aromatic heterocycles. The molecule has 0 saturated carbocycles. The van der Waals surface area contributed by atoms with Crippen molar-refractivity contribution in [1.29, 1.82) is 0 Å². The molecular weight excluding hydrogens is 410 g/mol. The van der Waals surface area contributed by atoms with Gasteiger partial charge in [0, 0.05) is 6.07 Å². The van der Waals surface area contributed by atoms with E-state index in [1.54, 1.807) is 30.5 Å². The molecule has 4 rings (SSSR count). The highest BCUT2D eigenvalue weighted by molar-refractivity contribution is 8.03. The van der Waals surface area contributed by atoms with Gasteiger partial charge in [-0.3, -0.25) is 9.59 Å². The van der Waals surface area contributed by atoms with E-state index in [4.69, 9.17) is 9.15 Å². The number of hydrogen-bond acceptors (Lipinski definition) is 5. The minimum atomic E-state index is -0.330. The van der Waals surface area contributed by atoms with E-state index in [2.05, 4.69) is 0 Å². The maximum absolute atomic E-state index is 13.5. The summed E-state index contributed by atoms with van der Waals surface area (Å²) in [5.74, 6) is 1.18. The number of furan rings is 1. The van der Waals surface area contributed by atoms with Crippen LogP contribution in [-0.4, -0.2) is 18.4 Å². The van der Waals surface area contributed by atoms with Crippen molar-refractivity contribution in [3.63, 3.8) is 0 Å². The van der Waals surface area contributed by atoms with Gasteiger partial charge in [-0.15, -0.1) is 11.8 Å². The fourth-order valence-electron chi connectivity index (χ4n) is 3.32. The van der Waals surface area contributed by atoms with Crippen molar-refractivity contribution in [2.45, 2.75) is 26.0 Å². The topological polar surface area (TPSA) is 59.8 Å². The molecule has 0 atom stereocenters. The smallest absolute Gasteiger partial charge is 0.272 e. The molecule has 1 aliphatic rings. The van der Waals surface area contributed by atoms with E-state index in [1.165, 1.54) is 16.7 Å². The molecule has 0 fully saturated rings. The minimum absolute atomic E-state index is 0.329. The van der Waals surface area contributed by atoms with Crippen LogP contribution in [0.5, 0.6) is 5.75 Å². The predicted molar refractivity (Wildman–Crippen MR) is 123 cm³/mol. The van der Waals surface area contributed by atoms with Crippen molar-refractivity contribution in [3.05, 3.63) is 88.7 Å². The van der Waals surface area contributed by atoms with Crippen LogP contribution in [0.2, 0.25) is 0 Å². The van der Waals surface area contributed by atoms with E-state index < -0.39 is 0 Å². The Hall–Kier alpha value is -3.25. The summed E-state index contributed by atoms with van der Waals surface area (Å²) in [6.45, 7) is 4.58. The number of thioether (sulfide) groups is 1. The third-order valence-corrected chi connectivity index (χ3v) is 5.97. The second-order valence-corrected chi connectivity index (χ2v) is 8.22. The van der Waals surface area contributed by atoms with Crippen LogP contribution in [0.25, 0.3) is 5.57 Å². The first kappa shape index (κ1) is 21.0. The SMILES string of the molecule is CCCOc1cccc(N2C(=O)C(SCc3ccco3)=C(c3ccc(C)cc3)C2=O)c1. The van der Waals surface area contributed by atoms with Crippen LogP contribution in [0.4, 0.5) is 5.69 Å². The molecule has 2 amide bonds. The summed E-state index contributed by atoms with van der Waals surface area (Å²) >= 11 is 1.32. The van der Waals surface area contributed by atoms with Crippen molar-refractivity contribution in [2.75, 3.05) is 11.5 Å². The first-order valence-electron chi connectivity index (χ1n) is 10.2. The van der Waals surface area contributed by atoms with E-state index in [0.29, 0.717) is 34.3 Å². The second-order valence-electron chi connectivity index (χ2n) is 7.23. The van der Waals surface area contributed by atoms with Crippen LogP contribution in [0.1, 0.15) is 30.2 Å². The molecule has 2 heterocycles. The summed E-state index contributed by atoms with van der Waals surface area (Å²) in [6, 6.07) is 18.4. The molecular formula is C25H23NO4S. The molecule has 31 heavy (non-hydrogen) atoms. The molecule has 0 saturated heterocycles. The molecule has 0 unspecified atom stereocenters. The fourth-order valence-corrected chi connectivity index (χ4v) is 4.34. The Labute approximate surface area is 185 Å². The molecule has 0 aliphatic carbocycles. The summed E-state index contributed by atoms with van der Waals surface area (Å²) in [5, 5.41) is 0. The van der Waals surface area contributed by atoms with Gasteiger partial charge in [-0.25, -0.2) is 4.90 Å². The summed E-state index contributed by atoms with van der Waals surface area (Å²) in [4.78, 5) is 28.5. The van der Waals surface area contributed by atoms with Crippen molar-refractivity contribution < 1.29 is 18.7 Å². The van der Waals surface area contributed by atoms with Crippen LogP contribution in [0.15, 0.2) is 76.2 Å². The van der Waals surface area contributed by atoms with Crippen molar-refractivity contribution >= 4 is 34.8 Å². The van der Waals surface area contributed by atoms with E-state index in [-0.39, 0.29) is 11.8 Å². The van der Waals surface area contributed by atoms with Gasteiger partial charge in [-0.1, -0.05) is 42.8 Å². The number of hydrogen-bond donors (Lipinski definition) is 0. The van der Waals surface area contributed by atoms with E-state index in [1.807, 2.05) is 50.2 Å². The predicted octanol–water partition coefficient (Wildman–Crippen LogP) is 5.59. The maximum atomic E-state index is 13.5. The lowest BCUT2D eigenvalue weighted by atomic mass is 10.0. The fraction of sp³-hybridized carbons (Fsp3) is 0.200. The Balaban J connectivity index is 1.70. The molecule has 5 nitrogen and oxygen atoms in total. The lowest BCUT2D eigenvalue weighted by molar-refractivity contribution is -0.119. The van der Waals surface area contributed by atoms with Crippen LogP contribution >= 0.6 is 11.8 Å². The standard InChI is InChI=1S/C25H23NO4S/c1-3-13-29-20-7-4-6-19(15-20)26-24(27)22(18-11-9-17(2)10-12-18)23(25(26)28)31-16-21-8-5-14-30-21/h4-12,14-15H,3,13,16H2,1-2H3. The van der Waals surface area contributed by atoms with Crippen LogP contribution in [0.3, 0.4) is 0 Å². The maximum Gasteiger partial charge on any atom is 0.272 e. The quantitative estimate of drug-likeness (QED) is 0.433. The van der Waals surface area contributed by atoms with Gasteiger partial charge in [0.05, 0.1) is 34.8 Å². The van der Waals surface area contributed by atoms with E-state index >= 15 is 0 Å². The number of anilines is 1. The molecule has 158 valence electrons. The Morgan fingerprint density at radius 3 is 2.52 bits per heavy atom. The largest absolute Gasteiger partial charge is 0.494 e.